The van der Waals surface area contributed by atoms with Crippen molar-refractivity contribution in [3.8, 4) is 11.1 Å². The van der Waals surface area contributed by atoms with Crippen LogP contribution in [0.25, 0.3) is 22.2 Å². The van der Waals surface area contributed by atoms with Gasteiger partial charge in [0, 0.05) is 59.8 Å². The molecule has 0 atom stereocenters. The number of carbonyl (C=O) groups is 1. The van der Waals surface area contributed by atoms with Crippen LogP contribution in [-0.2, 0) is 0 Å². The molecule has 0 bridgehead atoms. The highest BCUT2D eigenvalue weighted by Crippen LogP contribution is 2.34. The van der Waals surface area contributed by atoms with Crippen molar-refractivity contribution in [2.75, 3.05) is 17.2 Å². The second-order valence-electron chi connectivity index (χ2n) is 7.83. The summed E-state index contributed by atoms with van der Waals surface area (Å²) < 4.78 is 1.87. The maximum Gasteiger partial charge on any atom is 0.256 e. The summed E-state index contributed by atoms with van der Waals surface area (Å²) in [4.78, 5) is 25.3. The van der Waals surface area contributed by atoms with Crippen LogP contribution in [0.3, 0.4) is 0 Å². The van der Waals surface area contributed by atoms with Crippen LogP contribution in [0.2, 0.25) is 0 Å². The van der Waals surface area contributed by atoms with Gasteiger partial charge < -0.3 is 10.6 Å². The van der Waals surface area contributed by atoms with Crippen LogP contribution in [0.15, 0.2) is 91.8 Å². The van der Waals surface area contributed by atoms with Crippen molar-refractivity contribution in [2.24, 2.45) is 0 Å². The molecule has 2 N–H and O–H groups in total. The second kappa shape index (κ2) is 8.25. The number of aromatic nitrogens is 5. The summed E-state index contributed by atoms with van der Waals surface area (Å²) in [6.45, 7) is 0.636. The molecule has 164 valence electrons. The second-order valence-corrected chi connectivity index (χ2v) is 7.83. The maximum absolute atomic E-state index is 12.5. The molecule has 34 heavy (non-hydrogen) atoms. The predicted molar refractivity (Wildman–Crippen MR) is 130 cm³/mol. The van der Waals surface area contributed by atoms with Gasteiger partial charge in [-0.3, -0.25) is 14.8 Å². The lowest BCUT2D eigenvalue weighted by Crippen LogP contribution is -2.16. The zero-order valence-corrected chi connectivity index (χ0v) is 18.0. The Kier molecular flexibility index (Phi) is 4.81. The number of carbonyl (C=O) groups excluding carboxylic acids is 1. The smallest absolute Gasteiger partial charge is 0.256 e. The van der Waals surface area contributed by atoms with Crippen molar-refractivity contribution in [2.45, 2.75) is 0 Å². The zero-order chi connectivity index (χ0) is 22.9. The largest absolute Gasteiger partial charge is 0.366 e. The number of hydrogen-bond acceptors (Lipinski definition) is 6. The highest BCUT2D eigenvalue weighted by atomic mass is 16.1. The lowest BCUT2D eigenvalue weighted by molar-refractivity contribution is 0.102. The molecule has 5 aromatic heterocycles. The Bertz CT molecular complexity index is 1540. The Hall–Kier alpha value is -4.85. The molecule has 8 heteroatoms. The molecular weight excluding hydrogens is 426 g/mol. The van der Waals surface area contributed by atoms with Crippen molar-refractivity contribution in [1.82, 2.24) is 24.6 Å². The van der Waals surface area contributed by atoms with Crippen LogP contribution < -0.4 is 10.6 Å². The van der Waals surface area contributed by atoms with Gasteiger partial charge in [-0.25, -0.2) is 9.50 Å². The molecule has 5 aromatic rings. The number of anilines is 2. The van der Waals surface area contributed by atoms with Gasteiger partial charge >= 0.3 is 0 Å². The summed E-state index contributed by atoms with van der Waals surface area (Å²) in [5, 5.41) is 10.7. The van der Waals surface area contributed by atoms with E-state index in [1.807, 2.05) is 53.4 Å². The van der Waals surface area contributed by atoms with Crippen LogP contribution in [0.4, 0.5) is 11.6 Å². The monoisotopic (exact) mass is 445 g/mol. The molecule has 6 rings (SSSR count). The summed E-state index contributed by atoms with van der Waals surface area (Å²) >= 11 is 0. The summed E-state index contributed by atoms with van der Waals surface area (Å²) in [6, 6.07) is 15.3. The summed E-state index contributed by atoms with van der Waals surface area (Å²) in [7, 11) is 0. The van der Waals surface area contributed by atoms with Gasteiger partial charge in [0.2, 0.25) is 0 Å². The van der Waals surface area contributed by atoms with Gasteiger partial charge in [0.05, 0.1) is 11.7 Å². The molecule has 6 heterocycles. The van der Waals surface area contributed by atoms with E-state index in [2.05, 4.69) is 42.8 Å². The minimum atomic E-state index is -0.226. The molecular formula is C26H19N7O. The van der Waals surface area contributed by atoms with Crippen molar-refractivity contribution in [3.05, 3.63) is 108 Å². The Morgan fingerprint density at radius 2 is 1.85 bits per heavy atom. The summed E-state index contributed by atoms with van der Waals surface area (Å²) in [5.41, 5.74) is 6.69. The first-order chi connectivity index (χ1) is 16.8. The highest BCUT2D eigenvalue weighted by Gasteiger charge is 2.18. The van der Waals surface area contributed by atoms with Gasteiger partial charge in [0.1, 0.15) is 11.6 Å². The molecule has 0 aromatic carbocycles. The number of pyridine rings is 4. The van der Waals surface area contributed by atoms with E-state index in [4.69, 9.17) is 0 Å². The number of amides is 1. The van der Waals surface area contributed by atoms with Crippen molar-refractivity contribution >= 4 is 28.6 Å². The summed E-state index contributed by atoms with van der Waals surface area (Å²) in [5.74, 6) is 0.987. The van der Waals surface area contributed by atoms with Gasteiger partial charge in [-0.05, 0) is 53.6 Å². The third-order valence-electron chi connectivity index (χ3n) is 5.75. The lowest BCUT2D eigenvalue weighted by Gasteiger charge is -2.20. The van der Waals surface area contributed by atoms with Gasteiger partial charge in [0.25, 0.3) is 5.91 Å². The third-order valence-corrected chi connectivity index (χ3v) is 5.75. The van der Waals surface area contributed by atoms with Crippen molar-refractivity contribution in [1.29, 1.82) is 0 Å². The number of fused-ring (bicyclic) bond motifs is 2. The number of rotatable bonds is 4. The Balaban J connectivity index is 1.33. The maximum atomic E-state index is 12.5. The molecule has 0 saturated heterocycles. The first kappa shape index (κ1) is 19.8. The molecule has 0 radical (unpaired) electrons. The standard InChI is InChI=1S/C26H19N7O/c34-26(17-5-10-27-11-6-17)32-24-4-3-21-20(7-12-29-25(21)31-24)18-8-13-33-23(14-18)22(16-30-33)19-2-1-9-28-15-19/h1-11,13-16H,12H2,(H2,29,31,32,34). The van der Waals surface area contributed by atoms with Crippen LogP contribution >= 0.6 is 0 Å². The first-order valence-electron chi connectivity index (χ1n) is 10.8. The number of nitrogens with one attached hydrogen (secondary N) is 2. The molecule has 0 spiro atoms. The van der Waals surface area contributed by atoms with E-state index in [-0.39, 0.29) is 5.91 Å². The van der Waals surface area contributed by atoms with Crippen LogP contribution in [0.1, 0.15) is 21.5 Å². The molecule has 1 aliphatic heterocycles. The fraction of sp³-hybridized carbons (Fsp3) is 0.0385. The normalized spacial score (nSPS) is 12.5. The minimum absolute atomic E-state index is 0.226. The Morgan fingerprint density at radius 3 is 2.71 bits per heavy atom. The number of hydrogen-bond donors (Lipinski definition) is 2. The van der Waals surface area contributed by atoms with Crippen LogP contribution in [-0.4, -0.2) is 37.0 Å². The van der Waals surface area contributed by atoms with E-state index in [1.165, 1.54) is 0 Å². The van der Waals surface area contributed by atoms with E-state index < -0.39 is 0 Å². The topological polar surface area (TPSA) is 97.1 Å². The fourth-order valence-corrected chi connectivity index (χ4v) is 4.10. The van der Waals surface area contributed by atoms with Crippen molar-refractivity contribution in [3.63, 3.8) is 0 Å². The van der Waals surface area contributed by atoms with E-state index in [0.717, 1.165) is 39.2 Å². The average Bonchev–Trinajstić information content (AvgIpc) is 3.32. The highest BCUT2D eigenvalue weighted by molar-refractivity contribution is 6.04. The zero-order valence-electron chi connectivity index (χ0n) is 18.0. The quantitative estimate of drug-likeness (QED) is 0.428. The molecule has 0 saturated carbocycles. The van der Waals surface area contributed by atoms with Crippen LogP contribution in [0.5, 0.6) is 0 Å². The molecule has 0 fully saturated rings. The Labute approximate surface area is 195 Å². The molecule has 1 amide bonds. The van der Waals surface area contributed by atoms with Gasteiger partial charge in [-0.2, -0.15) is 5.10 Å². The predicted octanol–water partition coefficient (Wildman–Crippen LogP) is 4.30. The molecule has 0 unspecified atom stereocenters. The number of nitrogens with zero attached hydrogens (tertiary/aromatic N) is 5. The van der Waals surface area contributed by atoms with Gasteiger partial charge in [-0.1, -0.05) is 12.1 Å². The van der Waals surface area contributed by atoms with Gasteiger partial charge in [0.15, 0.2) is 0 Å². The average molecular weight is 445 g/mol. The molecule has 0 aliphatic carbocycles. The van der Waals surface area contributed by atoms with E-state index in [1.54, 1.807) is 30.7 Å². The van der Waals surface area contributed by atoms with Crippen molar-refractivity contribution < 1.29 is 4.79 Å². The molecule has 8 nitrogen and oxygen atoms in total. The van der Waals surface area contributed by atoms with Crippen LogP contribution in [0, 0.1) is 0 Å². The Morgan fingerprint density at radius 1 is 0.941 bits per heavy atom. The summed E-state index contributed by atoms with van der Waals surface area (Å²) in [6.07, 6.45) is 12.7. The lowest BCUT2D eigenvalue weighted by atomic mass is 9.95. The van der Waals surface area contributed by atoms with E-state index in [9.17, 15) is 4.79 Å². The fourth-order valence-electron chi connectivity index (χ4n) is 4.10. The first-order valence-corrected chi connectivity index (χ1v) is 10.8. The van der Waals surface area contributed by atoms with Gasteiger partial charge in [-0.15, -0.1) is 0 Å². The SMILES string of the molecule is O=C(Nc1ccc2c(n1)NCC=C2c1ccn2ncc(-c3cccnc3)c2c1)c1ccncc1. The van der Waals surface area contributed by atoms with E-state index in [0.29, 0.717) is 17.9 Å². The third kappa shape index (κ3) is 3.57. The minimum Gasteiger partial charge on any atom is -0.366 e. The van der Waals surface area contributed by atoms with E-state index >= 15 is 0 Å². The molecule has 1 aliphatic rings.